The van der Waals surface area contributed by atoms with Gasteiger partial charge in [0.05, 0.1) is 12.5 Å². The molecule has 2 nitrogen and oxygen atoms in total. The van der Waals surface area contributed by atoms with E-state index in [4.69, 9.17) is 4.74 Å². The van der Waals surface area contributed by atoms with Crippen molar-refractivity contribution < 1.29 is 9.53 Å². The minimum absolute atomic E-state index is 0.0480. The monoisotopic (exact) mass is 452 g/mol. The first kappa shape index (κ1) is 31.5. The Labute approximate surface area is 203 Å². The molecule has 2 atom stereocenters. The van der Waals surface area contributed by atoms with Crippen LogP contribution in [0.5, 0.6) is 0 Å². The summed E-state index contributed by atoms with van der Waals surface area (Å²) in [6.45, 7) is 9.54. The summed E-state index contributed by atoms with van der Waals surface area (Å²) in [4.78, 5) is 12.5. The van der Waals surface area contributed by atoms with E-state index >= 15 is 0 Å². The van der Waals surface area contributed by atoms with E-state index in [-0.39, 0.29) is 11.9 Å². The smallest absolute Gasteiger partial charge is 0.308 e. The SMILES string of the molecule is CCCCCCCCCCC(C)C(=O)OCC(CCCCCCC)CCCCCCCC. The molecule has 32 heavy (non-hydrogen) atoms. The van der Waals surface area contributed by atoms with Crippen LogP contribution < -0.4 is 0 Å². The molecule has 192 valence electrons. The third kappa shape index (κ3) is 21.3. The molecule has 0 saturated heterocycles. The Bertz CT molecular complexity index is 379. The maximum atomic E-state index is 12.5. The number of hydrogen-bond donors (Lipinski definition) is 0. The minimum Gasteiger partial charge on any atom is -0.465 e. The van der Waals surface area contributed by atoms with Gasteiger partial charge in [0, 0.05) is 0 Å². The second-order valence-electron chi connectivity index (χ2n) is 10.4. The zero-order valence-corrected chi connectivity index (χ0v) is 22.7. The van der Waals surface area contributed by atoms with Gasteiger partial charge in [-0.05, 0) is 25.2 Å². The molecule has 2 heteroatoms. The van der Waals surface area contributed by atoms with Gasteiger partial charge < -0.3 is 4.74 Å². The average Bonchev–Trinajstić information content (AvgIpc) is 2.80. The topological polar surface area (TPSA) is 26.3 Å². The molecule has 0 aliphatic carbocycles. The number of unbranched alkanes of at least 4 members (excludes halogenated alkanes) is 16. The van der Waals surface area contributed by atoms with Gasteiger partial charge in [0.1, 0.15) is 0 Å². The van der Waals surface area contributed by atoms with Gasteiger partial charge in [-0.3, -0.25) is 4.79 Å². The predicted molar refractivity (Wildman–Crippen MR) is 142 cm³/mol. The Morgan fingerprint density at radius 1 is 0.531 bits per heavy atom. The summed E-state index contributed by atoms with van der Waals surface area (Å²) in [5.41, 5.74) is 0. The molecule has 0 aromatic rings. The molecule has 0 spiro atoms. The maximum absolute atomic E-state index is 12.5. The van der Waals surface area contributed by atoms with Gasteiger partial charge >= 0.3 is 5.97 Å². The van der Waals surface area contributed by atoms with Gasteiger partial charge in [-0.2, -0.15) is 0 Å². The lowest BCUT2D eigenvalue weighted by Crippen LogP contribution is -2.20. The van der Waals surface area contributed by atoms with Crippen LogP contribution in [0.15, 0.2) is 0 Å². The van der Waals surface area contributed by atoms with E-state index in [0.717, 1.165) is 6.42 Å². The number of ether oxygens (including phenoxy) is 1. The molecule has 0 fully saturated rings. The van der Waals surface area contributed by atoms with Gasteiger partial charge in [0.2, 0.25) is 0 Å². The summed E-state index contributed by atoms with van der Waals surface area (Å²) >= 11 is 0. The van der Waals surface area contributed by atoms with Crippen molar-refractivity contribution in [2.24, 2.45) is 11.8 Å². The first-order chi connectivity index (χ1) is 15.7. The predicted octanol–water partition coefficient (Wildman–Crippen LogP) is 10.4. The molecule has 0 aliphatic heterocycles. The van der Waals surface area contributed by atoms with E-state index < -0.39 is 0 Å². The minimum atomic E-state index is 0.0480. The van der Waals surface area contributed by atoms with E-state index in [1.54, 1.807) is 0 Å². The zero-order chi connectivity index (χ0) is 23.7. The van der Waals surface area contributed by atoms with Crippen molar-refractivity contribution in [1.29, 1.82) is 0 Å². The highest BCUT2D eigenvalue weighted by Crippen LogP contribution is 2.21. The lowest BCUT2D eigenvalue weighted by Gasteiger charge is -2.19. The maximum Gasteiger partial charge on any atom is 0.308 e. The molecule has 0 amide bonds. The first-order valence-corrected chi connectivity index (χ1v) is 14.8. The standard InChI is InChI=1S/C30H60O2/c1-5-8-11-14-16-17-19-21-24-28(4)30(31)32-27-29(25-22-18-13-10-7-3)26-23-20-15-12-9-6-2/h28-29H,5-27H2,1-4H3. The van der Waals surface area contributed by atoms with Crippen molar-refractivity contribution in [1.82, 2.24) is 0 Å². The highest BCUT2D eigenvalue weighted by Gasteiger charge is 2.17. The number of hydrogen-bond acceptors (Lipinski definition) is 2. The van der Waals surface area contributed by atoms with Crippen LogP contribution in [-0.4, -0.2) is 12.6 Å². The molecule has 0 bridgehead atoms. The van der Waals surface area contributed by atoms with Crippen molar-refractivity contribution >= 4 is 5.97 Å². The Balaban J connectivity index is 4.05. The lowest BCUT2D eigenvalue weighted by atomic mass is 9.94. The van der Waals surface area contributed by atoms with E-state index in [2.05, 4.69) is 27.7 Å². The molecule has 0 rings (SSSR count). The third-order valence-electron chi connectivity index (χ3n) is 7.04. The Morgan fingerprint density at radius 3 is 1.28 bits per heavy atom. The van der Waals surface area contributed by atoms with Gasteiger partial charge in [0.15, 0.2) is 0 Å². The van der Waals surface area contributed by atoms with Crippen molar-refractivity contribution in [3.8, 4) is 0 Å². The van der Waals surface area contributed by atoms with Crippen molar-refractivity contribution in [3.05, 3.63) is 0 Å². The summed E-state index contributed by atoms with van der Waals surface area (Å²) in [6, 6.07) is 0. The van der Waals surface area contributed by atoms with Crippen LogP contribution in [0.4, 0.5) is 0 Å². The van der Waals surface area contributed by atoms with Crippen LogP contribution in [0.3, 0.4) is 0 Å². The van der Waals surface area contributed by atoms with Crippen molar-refractivity contribution in [2.75, 3.05) is 6.61 Å². The van der Waals surface area contributed by atoms with Gasteiger partial charge in [-0.1, -0.05) is 150 Å². The number of esters is 1. The third-order valence-corrected chi connectivity index (χ3v) is 7.04. The first-order valence-electron chi connectivity index (χ1n) is 14.8. The summed E-state index contributed by atoms with van der Waals surface area (Å²) in [6.07, 6.45) is 28.8. The second kappa shape index (κ2) is 25.1. The van der Waals surface area contributed by atoms with Crippen molar-refractivity contribution in [3.63, 3.8) is 0 Å². The van der Waals surface area contributed by atoms with E-state index in [1.807, 2.05) is 0 Å². The van der Waals surface area contributed by atoms with Crippen molar-refractivity contribution in [2.45, 2.75) is 169 Å². The molecule has 0 N–H and O–H groups in total. The lowest BCUT2D eigenvalue weighted by molar-refractivity contribution is -0.149. The molecule has 0 aromatic carbocycles. The Morgan fingerprint density at radius 2 is 0.875 bits per heavy atom. The van der Waals surface area contributed by atoms with Crippen LogP contribution in [-0.2, 0) is 9.53 Å². The normalized spacial score (nSPS) is 13.2. The van der Waals surface area contributed by atoms with Crippen LogP contribution in [0.2, 0.25) is 0 Å². The number of rotatable bonds is 25. The van der Waals surface area contributed by atoms with E-state index in [9.17, 15) is 4.79 Å². The Kier molecular flexibility index (Phi) is 24.7. The molecule has 0 heterocycles. The van der Waals surface area contributed by atoms with Crippen LogP contribution in [0.25, 0.3) is 0 Å². The molecular formula is C30H60O2. The van der Waals surface area contributed by atoms with Crippen LogP contribution in [0, 0.1) is 11.8 Å². The summed E-state index contributed by atoms with van der Waals surface area (Å²) < 4.78 is 5.82. The molecule has 2 unspecified atom stereocenters. The zero-order valence-electron chi connectivity index (χ0n) is 22.7. The molecule has 0 saturated carbocycles. The second-order valence-corrected chi connectivity index (χ2v) is 10.4. The van der Waals surface area contributed by atoms with E-state index in [0.29, 0.717) is 12.5 Å². The molecule has 0 aromatic heterocycles. The van der Waals surface area contributed by atoms with Gasteiger partial charge in [-0.15, -0.1) is 0 Å². The summed E-state index contributed by atoms with van der Waals surface area (Å²) in [5.74, 6) is 0.684. The molecule has 0 radical (unpaired) electrons. The van der Waals surface area contributed by atoms with Gasteiger partial charge in [0.25, 0.3) is 0 Å². The quantitative estimate of drug-likeness (QED) is 0.102. The fourth-order valence-electron chi connectivity index (χ4n) is 4.61. The summed E-state index contributed by atoms with van der Waals surface area (Å²) in [7, 11) is 0. The van der Waals surface area contributed by atoms with Crippen LogP contribution in [0.1, 0.15) is 169 Å². The highest BCUT2D eigenvalue weighted by molar-refractivity contribution is 5.71. The number of carbonyl (C=O) groups excluding carboxylic acids is 1. The Hall–Kier alpha value is -0.530. The number of carbonyl (C=O) groups is 1. The summed E-state index contributed by atoms with van der Waals surface area (Å²) in [5, 5.41) is 0. The highest BCUT2D eigenvalue weighted by atomic mass is 16.5. The largest absolute Gasteiger partial charge is 0.465 e. The molecular weight excluding hydrogens is 392 g/mol. The van der Waals surface area contributed by atoms with E-state index in [1.165, 1.54) is 135 Å². The van der Waals surface area contributed by atoms with Gasteiger partial charge in [-0.25, -0.2) is 0 Å². The molecule has 0 aliphatic rings. The van der Waals surface area contributed by atoms with Crippen LogP contribution >= 0.6 is 0 Å². The fraction of sp³-hybridized carbons (Fsp3) is 0.967. The fourth-order valence-corrected chi connectivity index (χ4v) is 4.61. The average molecular weight is 453 g/mol.